The molecule has 1 atom stereocenters. The third-order valence-corrected chi connectivity index (χ3v) is 5.01. The Balaban J connectivity index is 1.78. The van der Waals surface area contributed by atoms with Crippen molar-refractivity contribution in [3.8, 4) is 26.8 Å². The molecule has 0 radical (unpaired) electrons. The second-order valence-electron chi connectivity index (χ2n) is 5.53. The van der Waals surface area contributed by atoms with E-state index in [0.717, 1.165) is 28.3 Å². The van der Waals surface area contributed by atoms with Crippen LogP contribution in [0.15, 0.2) is 41.1 Å². The highest BCUT2D eigenvalue weighted by Crippen LogP contribution is 2.43. The monoisotopic (exact) mass is 312 g/mol. The van der Waals surface area contributed by atoms with Gasteiger partial charge in [0.15, 0.2) is 0 Å². The highest BCUT2D eigenvalue weighted by Gasteiger charge is 2.26. The number of thiophene rings is 1. The zero-order valence-electron chi connectivity index (χ0n) is 12.2. The van der Waals surface area contributed by atoms with Gasteiger partial charge in [-0.25, -0.2) is 0 Å². The van der Waals surface area contributed by atoms with Crippen molar-refractivity contribution >= 4 is 11.3 Å². The van der Waals surface area contributed by atoms with Crippen molar-refractivity contribution in [3.05, 3.63) is 47.7 Å². The molecule has 3 heterocycles. The Labute approximate surface area is 132 Å². The number of aromatic nitrogens is 1. The van der Waals surface area contributed by atoms with E-state index in [4.69, 9.17) is 15.0 Å². The predicted molar refractivity (Wildman–Crippen MR) is 87.2 cm³/mol. The van der Waals surface area contributed by atoms with Gasteiger partial charge in [-0.2, -0.15) is 0 Å². The van der Waals surface area contributed by atoms with Crippen LogP contribution in [0, 0.1) is 6.92 Å². The van der Waals surface area contributed by atoms with E-state index < -0.39 is 0 Å². The number of nitrogens with two attached hydrogens (primary N) is 1. The Bertz CT molecular complexity index is 808. The van der Waals surface area contributed by atoms with Crippen molar-refractivity contribution in [2.45, 2.75) is 19.4 Å². The summed E-state index contributed by atoms with van der Waals surface area (Å²) in [5.41, 5.74) is 10.3. The molecule has 0 saturated carbocycles. The largest absolute Gasteiger partial charge is 0.488 e. The first kappa shape index (κ1) is 13.5. The average Bonchev–Trinajstić information content (AvgIpc) is 3.24. The van der Waals surface area contributed by atoms with E-state index in [9.17, 15) is 0 Å². The lowest BCUT2D eigenvalue weighted by Gasteiger charge is -2.10. The van der Waals surface area contributed by atoms with E-state index in [0.29, 0.717) is 6.54 Å². The molecule has 22 heavy (non-hydrogen) atoms. The van der Waals surface area contributed by atoms with Gasteiger partial charge in [0, 0.05) is 29.5 Å². The lowest BCUT2D eigenvalue weighted by atomic mass is 10.0. The van der Waals surface area contributed by atoms with Crippen molar-refractivity contribution in [2.24, 2.45) is 5.73 Å². The van der Waals surface area contributed by atoms with E-state index in [2.05, 4.69) is 36.3 Å². The Kier molecular flexibility index (Phi) is 3.24. The predicted octanol–water partition coefficient (Wildman–Crippen LogP) is 3.64. The number of fused-ring (bicyclic) bond motifs is 1. The number of aryl methyl sites for hydroxylation is 1. The number of nitrogens with zero attached hydrogens (tertiary/aromatic N) is 1. The van der Waals surface area contributed by atoms with E-state index in [-0.39, 0.29) is 6.10 Å². The molecule has 0 bridgehead atoms. The molecular formula is C17H16N2O2S. The maximum atomic E-state index is 6.04. The minimum atomic E-state index is 0.0884. The first-order chi connectivity index (χ1) is 10.7. The fraction of sp³-hybridized carbons (Fsp3) is 0.235. The number of benzene rings is 1. The van der Waals surface area contributed by atoms with Crippen molar-refractivity contribution in [1.29, 1.82) is 0 Å². The molecule has 2 aromatic heterocycles. The molecule has 0 saturated heterocycles. The van der Waals surface area contributed by atoms with Gasteiger partial charge in [-0.05, 0) is 36.2 Å². The van der Waals surface area contributed by atoms with E-state index in [1.165, 1.54) is 16.0 Å². The first-order valence-corrected chi connectivity index (χ1v) is 8.07. The summed E-state index contributed by atoms with van der Waals surface area (Å²) in [4.78, 5) is 2.27. The molecule has 1 aliphatic heterocycles. The summed E-state index contributed by atoms with van der Waals surface area (Å²) in [6.45, 7) is 2.66. The number of hydrogen-bond acceptors (Lipinski definition) is 5. The van der Waals surface area contributed by atoms with Gasteiger partial charge in [0.05, 0.1) is 4.88 Å². The molecule has 5 heteroatoms. The Morgan fingerprint density at radius 2 is 2.14 bits per heavy atom. The molecule has 0 unspecified atom stereocenters. The van der Waals surface area contributed by atoms with Gasteiger partial charge in [-0.1, -0.05) is 11.2 Å². The summed E-state index contributed by atoms with van der Waals surface area (Å²) < 4.78 is 11.0. The van der Waals surface area contributed by atoms with Crippen LogP contribution >= 0.6 is 11.3 Å². The standard InChI is InChI=1S/C17H16N2O2S/c1-10-6-11-8-12(9-18)21-17(11)13(7-10)15-2-3-16(22-15)14-4-5-20-19-14/h2-7,12H,8-9,18H2,1H3/t12-/m0/s1. The molecule has 0 spiro atoms. The van der Waals surface area contributed by atoms with Gasteiger partial charge < -0.3 is 15.0 Å². The Morgan fingerprint density at radius 3 is 2.91 bits per heavy atom. The van der Waals surface area contributed by atoms with Crippen LogP contribution in [0.1, 0.15) is 11.1 Å². The van der Waals surface area contributed by atoms with Crippen molar-refractivity contribution < 1.29 is 9.26 Å². The third-order valence-electron chi connectivity index (χ3n) is 3.87. The van der Waals surface area contributed by atoms with Crippen LogP contribution < -0.4 is 10.5 Å². The number of hydrogen-bond donors (Lipinski definition) is 1. The lowest BCUT2D eigenvalue weighted by molar-refractivity contribution is 0.242. The number of ether oxygens (including phenoxy) is 1. The van der Waals surface area contributed by atoms with E-state index in [1.54, 1.807) is 17.6 Å². The van der Waals surface area contributed by atoms with Crippen LogP contribution in [-0.4, -0.2) is 17.8 Å². The molecule has 4 rings (SSSR count). The van der Waals surface area contributed by atoms with E-state index in [1.807, 2.05) is 6.07 Å². The van der Waals surface area contributed by atoms with Crippen molar-refractivity contribution in [2.75, 3.05) is 6.54 Å². The minimum Gasteiger partial charge on any atom is -0.488 e. The zero-order valence-corrected chi connectivity index (χ0v) is 13.0. The van der Waals surface area contributed by atoms with Gasteiger partial charge in [0.1, 0.15) is 23.8 Å². The average molecular weight is 312 g/mol. The summed E-state index contributed by atoms with van der Waals surface area (Å²) in [5, 5.41) is 4.00. The molecular weight excluding hydrogens is 296 g/mol. The zero-order chi connectivity index (χ0) is 15.1. The molecule has 2 N–H and O–H groups in total. The van der Waals surface area contributed by atoms with Crippen LogP contribution in [0.5, 0.6) is 5.75 Å². The minimum absolute atomic E-state index is 0.0884. The normalized spacial score (nSPS) is 16.5. The SMILES string of the molecule is Cc1cc2c(c(-c3ccc(-c4ccon4)s3)c1)O[C@H](CN)C2. The Hall–Kier alpha value is -2.11. The molecule has 0 amide bonds. The topological polar surface area (TPSA) is 61.3 Å². The second kappa shape index (κ2) is 5.26. The van der Waals surface area contributed by atoms with Gasteiger partial charge in [-0.15, -0.1) is 11.3 Å². The first-order valence-electron chi connectivity index (χ1n) is 7.26. The highest BCUT2D eigenvalue weighted by atomic mass is 32.1. The maximum absolute atomic E-state index is 6.04. The van der Waals surface area contributed by atoms with Crippen LogP contribution in [0.25, 0.3) is 21.0 Å². The second-order valence-corrected chi connectivity index (χ2v) is 6.61. The van der Waals surface area contributed by atoms with Crippen molar-refractivity contribution in [3.63, 3.8) is 0 Å². The fourth-order valence-corrected chi connectivity index (χ4v) is 3.85. The van der Waals surface area contributed by atoms with Gasteiger partial charge in [-0.3, -0.25) is 0 Å². The highest BCUT2D eigenvalue weighted by molar-refractivity contribution is 7.18. The smallest absolute Gasteiger partial charge is 0.131 e. The van der Waals surface area contributed by atoms with E-state index >= 15 is 0 Å². The molecule has 3 aromatic rings. The summed E-state index contributed by atoms with van der Waals surface area (Å²) >= 11 is 1.69. The molecule has 1 aromatic carbocycles. The van der Waals surface area contributed by atoms with Gasteiger partial charge in [0.2, 0.25) is 0 Å². The van der Waals surface area contributed by atoms with Crippen molar-refractivity contribution in [1.82, 2.24) is 5.16 Å². The summed E-state index contributed by atoms with van der Waals surface area (Å²) in [5.74, 6) is 0.981. The van der Waals surface area contributed by atoms with Gasteiger partial charge in [0.25, 0.3) is 0 Å². The summed E-state index contributed by atoms with van der Waals surface area (Å²) in [6, 6.07) is 10.4. The summed E-state index contributed by atoms with van der Waals surface area (Å²) in [6.07, 6.45) is 2.57. The van der Waals surface area contributed by atoms with Crippen LogP contribution in [0.2, 0.25) is 0 Å². The van der Waals surface area contributed by atoms with Gasteiger partial charge >= 0.3 is 0 Å². The Morgan fingerprint density at radius 1 is 1.27 bits per heavy atom. The molecule has 0 aliphatic carbocycles. The maximum Gasteiger partial charge on any atom is 0.131 e. The lowest BCUT2D eigenvalue weighted by Crippen LogP contribution is -2.24. The van der Waals surface area contributed by atoms with Crippen LogP contribution in [0.4, 0.5) is 0 Å². The summed E-state index contributed by atoms with van der Waals surface area (Å²) in [7, 11) is 0. The number of rotatable bonds is 3. The molecule has 4 nitrogen and oxygen atoms in total. The third kappa shape index (κ3) is 2.23. The molecule has 0 fully saturated rings. The van der Waals surface area contributed by atoms with Crippen LogP contribution in [0.3, 0.4) is 0 Å². The van der Waals surface area contributed by atoms with Crippen LogP contribution in [-0.2, 0) is 6.42 Å². The molecule has 1 aliphatic rings. The quantitative estimate of drug-likeness (QED) is 0.802. The fourth-order valence-electron chi connectivity index (χ4n) is 2.87. The molecule has 112 valence electrons.